The number of guanidine groups is 1. The standard InChI is InChI=1S/C19H25N3O2/c1-20-19(21-13-15-9-5-7-11-17(15)23-3)22(2)14-16-10-6-8-12-18(16)24-4/h5-12H,13-14H2,1-4H3,(H,20,21). The van der Waals surface area contributed by atoms with Gasteiger partial charge in [-0.05, 0) is 12.1 Å². The molecule has 0 saturated heterocycles. The summed E-state index contributed by atoms with van der Waals surface area (Å²) in [6.45, 7) is 1.35. The molecule has 0 aromatic heterocycles. The molecule has 0 aliphatic rings. The van der Waals surface area contributed by atoms with Crippen molar-refractivity contribution in [3.63, 3.8) is 0 Å². The molecule has 0 spiro atoms. The number of nitrogens with zero attached hydrogens (tertiary/aromatic N) is 2. The van der Waals surface area contributed by atoms with Crippen LogP contribution in [0.25, 0.3) is 0 Å². The van der Waals surface area contributed by atoms with Crippen LogP contribution in [0.5, 0.6) is 11.5 Å². The zero-order valence-electron chi connectivity index (χ0n) is 14.7. The molecule has 0 aliphatic carbocycles. The second-order valence-electron chi connectivity index (χ2n) is 5.38. The minimum atomic E-state index is 0.646. The van der Waals surface area contributed by atoms with Gasteiger partial charge in [-0.1, -0.05) is 36.4 Å². The van der Waals surface area contributed by atoms with Gasteiger partial charge in [0.25, 0.3) is 0 Å². The van der Waals surface area contributed by atoms with Gasteiger partial charge < -0.3 is 19.7 Å². The minimum Gasteiger partial charge on any atom is -0.496 e. The molecular formula is C19H25N3O2. The molecule has 0 fully saturated rings. The number of aliphatic imine (C=N–C) groups is 1. The van der Waals surface area contributed by atoms with Crippen LogP contribution in [-0.2, 0) is 13.1 Å². The van der Waals surface area contributed by atoms with Gasteiger partial charge in [0.15, 0.2) is 5.96 Å². The fourth-order valence-electron chi connectivity index (χ4n) is 2.57. The summed E-state index contributed by atoms with van der Waals surface area (Å²) in [6.07, 6.45) is 0. The maximum Gasteiger partial charge on any atom is 0.193 e. The predicted octanol–water partition coefficient (Wildman–Crippen LogP) is 2.91. The molecule has 0 heterocycles. The fraction of sp³-hybridized carbons (Fsp3) is 0.316. The fourth-order valence-corrected chi connectivity index (χ4v) is 2.57. The van der Waals surface area contributed by atoms with E-state index in [0.29, 0.717) is 13.1 Å². The Morgan fingerprint density at radius 2 is 1.50 bits per heavy atom. The van der Waals surface area contributed by atoms with Crippen molar-refractivity contribution in [2.75, 3.05) is 28.3 Å². The largest absolute Gasteiger partial charge is 0.496 e. The Labute approximate surface area is 143 Å². The summed E-state index contributed by atoms with van der Waals surface area (Å²) in [5.74, 6) is 2.56. The van der Waals surface area contributed by atoms with E-state index in [2.05, 4.69) is 21.3 Å². The number of benzene rings is 2. The number of ether oxygens (including phenoxy) is 2. The van der Waals surface area contributed by atoms with E-state index >= 15 is 0 Å². The van der Waals surface area contributed by atoms with Gasteiger partial charge in [-0.15, -0.1) is 0 Å². The van der Waals surface area contributed by atoms with Crippen molar-refractivity contribution in [1.29, 1.82) is 0 Å². The van der Waals surface area contributed by atoms with Crippen LogP contribution in [-0.4, -0.2) is 39.2 Å². The molecule has 0 aliphatic heterocycles. The van der Waals surface area contributed by atoms with Crippen molar-refractivity contribution in [2.45, 2.75) is 13.1 Å². The van der Waals surface area contributed by atoms with Crippen LogP contribution in [0.4, 0.5) is 0 Å². The SMILES string of the molecule is CN=C(NCc1ccccc1OC)N(C)Cc1ccccc1OC. The summed E-state index contributed by atoms with van der Waals surface area (Å²) < 4.78 is 10.8. The quantitative estimate of drug-likeness (QED) is 0.654. The van der Waals surface area contributed by atoms with E-state index in [1.54, 1.807) is 21.3 Å². The molecule has 5 nitrogen and oxygen atoms in total. The average Bonchev–Trinajstić information content (AvgIpc) is 2.63. The van der Waals surface area contributed by atoms with E-state index < -0.39 is 0 Å². The van der Waals surface area contributed by atoms with Crippen molar-refractivity contribution in [2.24, 2.45) is 4.99 Å². The van der Waals surface area contributed by atoms with Gasteiger partial charge in [0.05, 0.1) is 14.2 Å². The molecule has 0 amide bonds. The van der Waals surface area contributed by atoms with Crippen LogP contribution < -0.4 is 14.8 Å². The van der Waals surface area contributed by atoms with E-state index in [1.165, 1.54) is 0 Å². The summed E-state index contributed by atoms with van der Waals surface area (Å²) in [4.78, 5) is 6.42. The number of nitrogens with one attached hydrogen (secondary N) is 1. The number of rotatable bonds is 6. The number of hydrogen-bond acceptors (Lipinski definition) is 3. The first-order chi connectivity index (χ1) is 11.7. The van der Waals surface area contributed by atoms with Crippen LogP contribution in [0.3, 0.4) is 0 Å². The average molecular weight is 327 g/mol. The Bertz CT molecular complexity index is 686. The summed E-state index contributed by atoms with van der Waals surface area (Å²) in [5, 5.41) is 3.37. The maximum atomic E-state index is 5.42. The molecule has 0 saturated carbocycles. The number of para-hydroxylation sites is 2. The second-order valence-corrected chi connectivity index (χ2v) is 5.38. The third kappa shape index (κ3) is 4.41. The third-order valence-corrected chi connectivity index (χ3v) is 3.80. The minimum absolute atomic E-state index is 0.646. The zero-order valence-corrected chi connectivity index (χ0v) is 14.7. The Kier molecular flexibility index (Phi) is 6.49. The number of hydrogen-bond donors (Lipinski definition) is 1. The van der Waals surface area contributed by atoms with E-state index in [1.807, 2.05) is 49.5 Å². The Balaban J connectivity index is 2.03. The van der Waals surface area contributed by atoms with E-state index in [4.69, 9.17) is 9.47 Å². The van der Waals surface area contributed by atoms with Gasteiger partial charge in [0.2, 0.25) is 0 Å². The maximum absolute atomic E-state index is 5.42. The molecule has 0 bridgehead atoms. The van der Waals surface area contributed by atoms with Crippen LogP contribution in [0.1, 0.15) is 11.1 Å². The first-order valence-corrected chi connectivity index (χ1v) is 7.85. The molecule has 2 rings (SSSR count). The van der Waals surface area contributed by atoms with Gasteiger partial charge >= 0.3 is 0 Å². The molecule has 2 aromatic carbocycles. The topological polar surface area (TPSA) is 46.1 Å². The molecule has 128 valence electrons. The highest BCUT2D eigenvalue weighted by atomic mass is 16.5. The van der Waals surface area contributed by atoms with Crippen molar-refractivity contribution in [1.82, 2.24) is 10.2 Å². The van der Waals surface area contributed by atoms with E-state index in [-0.39, 0.29) is 0 Å². The Morgan fingerprint density at radius 1 is 0.958 bits per heavy atom. The van der Waals surface area contributed by atoms with Gasteiger partial charge in [0, 0.05) is 38.3 Å². The van der Waals surface area contributed by atoms with E-state index in [9.17, 15) is 0 Å². The van der Waals surface area contributed by atoms with E-state index in [0.717, 1.165) is 28.6 Å². The summed E-state index contributed by atoms with van der Waals surface area (Å²) >= 11 is 0. The van der Waals surface area contributed by atoms with Crippen molar-refractivity contribution < 1.29 is 9.47 Å². The lowest BCUT2D eigenvalue weighted by Gasteiger charge is -2.23. The second kappa shape index (κ2) is 8.82. The van der Waals surface area contributed by atoms with Gasteiger partial charge in [-0.3, -0.25) is 4.99 Å². The molecule has 0 unspecified atom stereocenters. The predicted molar refractivity (Wildman–Crippen MR) is 97.7 cm³/mol. The highest BCUT2D eigenvalue weighted by Crippen LogP contribution is 2.19. The molecule has 0 radical (unpaired) electrons. The lowest BCUT2D eigenvalue weighted by Crippen LogP contribution is -2.38. The molecule has 5 heteroatoms. The summed E-state index contributed by atoms with van der Waals surface area (Å²) in [5.41, 5.74) is 2.20. The molecular weight excluding hydrogens is 302 g/mol. The third-order valence-electron chi connectivity index (χ3n) is 3.80. The number of methoxy groups -OCH3 is 2. The smallest absolute Gasteiger partial charge is 0.193 e. The summed E-state index contributed by atoms with van der Waals surface area (Å²) in [6, 6.07) is 16.0. The van der Waals surface area contributed by atoms with Gasteiger partial charge in [-0.2, -0.15) is 0 Å². The monoisotopic (exact) mass is 327 g/mol. The lowest BCUT2D eigenvalue weighted by atomic mass is 10.2. The van der Waals surface area contributed by atoms with Crippen molar-refractivity contribution in [3.05, 3.63) is 59.7 Å². The molecule has 1 N–H and O–H groups in total. The first kappa shape index (κ1) is 17.7. The molecule has 0 atom stereocenters. The Morgan fingerprint density at radius 3 is 2.08 bits per heavy atom. The molecule has 24 heavy (non-hydrogen) atoms. The highest BCUT2D eigenvalue weighted by molar-refractivity contribution is 5.79. The zero-order chi connectivity index (χ0) is 17.4. The van der Waals surface area contributed by atoms with Crippen LogP contribution in [0.15, 0.2) is 53.5 Å². The normalized spacial score (nSPS) is 11.1. The van der Waals surface area contributed by atoms with Crippen LogP contribution >= 0.6 is 0 Å². The van der Waals surface area contributed by atoms with Crippen molar-refractivity contribution in [3.8, 4) is 11.5 Å². The Hall–Kier alpha value is -2.69. The summed E-state index contributed by atoms with van der Waals surface area (Å²) in [7, 11) is 7.16. The van der Waals surface area contributed by atoms with Crippen molar-refractivity contribution >= 4 is 5.96 Å². The first-order valence-electron chi connectivity index (χ1n) is 7.85. The van der Waals surface area contributed by atoms with Gasteiger partial charge in [0.1, 0.15) is 11.5 Å². The van der Waals surface area contributed by atoms with Gasteiger partial charge in [-0.25, -0.2) is 0 Å². The van der Waals surface area contributed by atoms with Crippen LogP contribution in [0, 0.1) is 0 Å². The molecule has 2 aromatic rings. The lowest BCUT2D eigenvalue weighted by molar-refractivity contribution is 0.395. The van der Waals surface area contributed by atoms with Crippen LogP contribution in [0.2, 0.25) is 0 Å². The highest BCUT2D eigenvalue weighted by Gasteiger charge is 2.10.